The van der Waals surface area contributed by atoms with Crippen LogP contribution in [0.15, 0.2) is 65.8 Å². The predicted octanol–water partition coefficient (Wildman–Crippen LogP) is 5.39. The van der Waals surface area contributed by atoms with E-state index in [0.717, 1.165) is 27.7 Å². The number of nitro groups is 2. The Kier molecular flexibility index (Phi) is 6.47. The molecular formula is C21H12FN5O5S2. The van der Waals surface area contributed by atoms with Crippen LogP contribution in [0.2, 0.25) is 0 Å². The Balaban J connectivity index is 1.65. The molecule has 0 radical (unpaired) electrons. The molecule has 0 aliphatic rings. The van der Waals surface area contributed by atoms with Crippen molar-refractivity contribution < 1.29 is 19.0 Å². The van der Waals surface area contributed by atoms with Crippen molar-refractivity contribution in [3.8, 4) is 0 Å². The van der Waals surface area contributed by atoms with Crippen LogP contribution in [0.3, 0.4) is 0 Å². The number of halogens is 1. The molecule has 4 rings (SSSR count). The summed E-state index contributed by atoms with van der Waals surface area (Å²) in [4.78, 5) is 38.4. The summed E-state index contributed by atoms with van der Waals surface area (Å²) in [6.07, 6.45) is 3.96. The Labute approximate surface area is 198 Å². The SMILES string of the molecule is O=C(/C=C/c1ccc([N+](=O)[O-])cc1)N(/N=C/c1ccc([N+](=O)[O-])s1)c1nc2ccc(F)cc2s1. The van der Waals surface area contributed by atoms with E-state index < -0.39 is 21.6 Å². The van der Waals surface area contributed by atoms with E-state index in [1.807, 2.05) is 0 Å². The number of nitrogens with zero attached hydrogens (tertiary/aromatic N) is 5. The van der Waals surface area contributed by atoms with Crippen molar-refractivity contribution in [3.05, 3.63) is 97.2 Å². The molecule has 34 heavy (non-hydrogen) atoms. The second-order valence-corrected chi connectivity index (χ2v) is 8.72. The number of carbonyl (C=O) groups excluding carboxylic acids is 1. The molecular weight excluding hydrogens is 485 g/mol. The third-order valence-corrected chi connectivity index (χ3v) is 6.31. The quantitative estimate of drug-likeness (QED) is 0.145. The van der Waals surface area contributed by atoms with Crippen LogP contribution in [0.4, 0.5) is 20.2 Å². The molecule has 0 atom stereocenters. The molecule has 0 saturated heterocycles. The van der Waals surface area contributed by atoms with Crippen molar-refractivity contribution in [2.45, 2.75) is 0 Å². The number of carbonyl (C=O) groups is 1. The van der Waals surface area contributed by atoms with Crippen LogP contribution in [0, 0.1) is 26.0 Å². The number of nitro benzene ring substituents is 1. The molecule has 0 unspecified atom stereocenters. The smallest absolute Gasteiger partial charge is 0.267 e. The van der Waals surface area contributed by atoms with Crippen molar-refractivity contribution in [2.75, 3.05) is 5.01 Å². The summed E-state index contributed by atoms with van der Waals surface area (Å²) in [5.41, 5.74) is 0.935. The lowest BCUT2D eigenvalue weighted by Crippen LogP contribution is -2.23. The largest absolute Gasteiger partial charge is 0.324 e. The maximum absolute atomic E-state index is 13.6. The van der Waals surface area contributed by atoms with Crippen LogP contribution in [0.5, 0.6) is 0 Å². The average Bonchev–Trinajstić information content (AvgIpc) is 3.45. The van der Waals surface area contributed by atoms with Crippen molar-refractivity contribution >= 4 is 66.9 Å². The number of thiophene rings is 1. The van der Waals surface area contributed by atoms with Crippen molar-refractivity contribution in [1.29, 1.82) is 0 Å². The molecule has 0 aliphatic carbocycles. The van der Waals surface area contributed by atoms with Crippen LogP contribution in [-0.4, -0.2) is 27.0 Å². The first-order valence-corrected chi connectivity index (χ1v) is 11.0. The Morgan fingerprint density at radius 3 is 2.47 bits per heavy atom. The van der Waals surface area contributed by atoms with Gasteiger partial charge >= 0.3 is 5.00 Å². The van der Waals surface area contributed by atoms with Gasteiger partial charge in [0.1, 0.15) is 5.82 Å². The number of hydrazone groups is 1. The topological polar surface area (TPSA) is 132 Å². The zero-order valence-electron chi connectivity index (χ0n) is 16.9. The van der Waals surface area contributed by atoms with Crippen LogP contribution in [0.25, 0.3) is 16.3 Å². The maximum Gasteiger partial charge on any atom is 0.324 e. The lowest BCUT2D eigenvalue weighted by atomic mass is 10.2. The fraction of sp³-hybridized carbons (Fsp3) is 0. The van der Waals surface area contributed by atoms with Crippen molar-refractivity contribution in [1.82, 2.24) is 4.98 Å². The van der Waals surface area contributed by atoms with Gasteiger partial charge in [0, 0.05) is 24.3 Å². The van der Waals surface area contributed by atoms with E-state index in [1.54, 1.807) is 0 Å². The first kappa shape index (κ1) is 22.8. The minimum absolute atomic E-state index is 0.0761. The summed E-state index contributed by atoms with van der Waals surface area (Å²) in [6.45, 7) is 0. The van der Waals surface area contributed by atoms with Gasteiger partial charge in [0.25, 0.3) is 11.6 Å². The summed E-state index contributed by atoms with van der Waals surface area (Å²) in [7, 11) is 0. The van der Waals surface area contributed by atoms with Crippen molar-refractivity contribution in [2.24, 2.45) is 5.10 Å². The Morgan fingerprint density at radius 1 is 1.03 bits per heavy atom. The number of benzene rings is 2. The zero-order valence-corrected chi connectivity index (χ0v) is 18.5. The minimum Gasteiger partial charge on any atom is -0.267 e. The first-order valence-electron chi connectivity index (χ1n) is 9.41. The van der Waals surface area contributed by atoms with Crippen molar-refractivity contribution in [3.63, 3.8) is 0 Å². The number of thiazole rings is 1. The summed E-state index contributed by atoms with van der Waals surface area (Å²) in [5, 5.41) is 27.0. The molecule has 0 bridgehead atoms. The molecule has 0 fully saturated rings. The fourth-order valence-corrected chi connectivity index (χ4v) is 4.39. The summed E-state index contributed by atoms with van der Waals surface area (Å²) in [5.74, 6) is -1.05. The van der Waals surface area contributed by atoms with Gasteiger partial charge in [-0.2, -0.15) is 10.1 Å². The standard InChI is InChI=1S/C21H12FN5O5S2/c22-14-4-8-17-18(11-14)34-21(24-17)25(23-12-16-7-10-20(33-16)27(31)32)19(28)9-3-13-1-5-15(6-2-13)26(29)30/h1-12H/b9-3+,23-12+. The summed E-state index contributed by atoms with van der Waals surface area (Å²) < 4.78 is 14.1. The predicted molar refractivity (Wildman–Crippen MR) is 128 cm³/mol. The Morgan fingerprint density at radius 2 is 1.79 bits per heavy atom. The van der Waals surface area contributed by atoms with Gasteiger partial charge in [-0.15, -0.1) is 0 Å². The first-order chi connectivity index (χ1) is 16.3. The Bertz CT molecular complexity index is 1460. The van der Waals surface area contributed by atoms with E-state index in [4.69, 9.17) is 0 Å². The molecule has 4 aromatic rings. The van der Waals surface area contributed by atoms with Gasteiger partial charge in [-0.05, 0) is 48.0 Å². The van der Waals surface area contributed by atoms with Gasteiger partial charge in [-0.1, -0.05) is 22.7 Å². The van der Waals surface area contributed by atoms with Gasteiger partial charge in [0.05, 0.1) is 31.2 Å². The van der Waals surface area contributed by atoms with Crippen LogP contribution >= 0.6 is 22.7 Å². The molecule has 2 aromatic carbocycles. The van der Waals surface area contributed by atoms with E-state index >= 15 is 0 Å². The molecule has 10 nitrogen and oxygen atoms in total. The van der Waals surface area contributed by atoms with E-state index in [-0.39, 0.29) is 15.8 Å². The zero-order chi connectivity index (χ0) is 24.2. The normalized spacial score (nSPS) is 11.4. The third kappa shape index (κ3) is 5.16. The van der Waals surface area contributed by atoms with E-state index in [1.165, 1.54) is 73.0 Å². The van der Waals surface area contributed by atoms with E-state index in [0.29, 0.717) is 20.7 Å². The highest BCUT2D eigenvalue weighted by Crippen LogP contribution is 2.30. The molecule has 2 heterocycles. The van der Waals surface area contributed by atoms with Gasteiger partial charge in [0.15, 0.2) is 0 Å². The third-order valence-electron chi connectivity index (χ3n) is 4.34. The lowest BCUT2D eigenvalue weighted by Gasteiger charge is -2.10. The highest BCUT2D eigenvalue weighted by Gasteiger charge is 2.18. The van der Waals surface area contributed by atoms with Crippen LogP contribution < -0.4 is 5.01 Å². The Hall–Kier alpha value is -4.36. The van der Waals surface area contributed by atoms with Crippen LogP contribution in [0.1, 0.15) is 10.4 Å². The molecule has 0 N–H and O–H groups in total. The van der Waals surface area contributed by atoms with E-state index in [9.17, 15) is 29.4 Å². The second-order valence-electron chi connectivity index (χ2n) is 6.62. The van der Waals surface area contributed by atoms with Gasteiger partial charge < -0.3 is 0 Å². The summed E-state index contributed by atoms with van der Waals surface area (Å²) in [6, 6.07) is 12.4. The van der Waals surface area contributed by atoms with E-state index in [2.05, 4.69) is 10.1 Å². The number of fused-ring (bicyclic) bond motifs is 1. The average molecular weight is 497 g/mol. The molecule has 1 amide bonds. The number of hydrogen-bond acceptors (Lipinski definition) is 9. The number of amides is 1. The summed E-state index contributed by atoms with van der Waals surface area (Å²) >= 11 is 1.93. The van der Waals surface area contributed by atoms with Crippen LogP contribution in [-0.2, 0) is 4.79 Å². The van der Waals surface area contributed by atoms with Gasteiger partial charge in [-0.3, -0.25) is 25.0 Å². The van der Waals surface area contributed by atoms with Gasteiger partial charge in [0.2, 0.25) is 5.13 Å². The molecule has 2 aromatic heterocycles. The minimum atomic E-state index is -0.597. The number of anilines is 1. The second kappa shape index (κ2) is 9.64. The lowest BCUT2D eigenvalue weighted by molar-refractivity contribution is -0.384. The highest BCUT2D eigenvalue weighted by atomic mass is 32.1. The number of hydrogen-bond donors (Lipinski definition) is 0. The number of aromatic nitrogens is 1. The monoisotopic (exact) mass is 497 g/mol. The number of non-ortho nitro benzene ring substituents is 1. The van der Waals surface area contributed by atoms with Gasteiger partial charge in [-0.25, -0.2) is 9.37 Å². The molecule has 170 valence electrons. The maximum atomic E-state index is 13.6. The number of rotatable bonds is 7. The molecule has 13 heteroatoms. The molecule has 0 saturated carbocycles. The fourth-order valence-electron chi connectivity index (χ4n) is 2.75. The molecule has 0 spiro atoms. The molecule has 0 aliphatic heterocycles. The highest BCUT2D eigenvalue weighted by molar-refractivity contribution is 7.22.